The summed E-state index contributed by atoms with van der Waals surface area (Å²) >= 11 is 1.29. The van der Waals surface area contributed by atoms with Crippen LogP contribution >= 0.6 is 11.3 Å². The standard InChI is InChI=1S/C20H17NO4S/c1-12-5-2-8-15-17(12)19(23)21(18(15)22)13-6-3-7-14(11-13)25-20(24)16-9-4-10-26-16/h2-7,9-12,15,17H,8H2,1H3/t12-,15+,17+/m1/s1. The van der Waals surface area contributed by atoms with Gasteiger partial charge in [-0.25, -0.2) is 9.69 Å². The van der Waals surface area contributed by atoms with Gasteiger partial charge >= 0.3 is 5.97 Å². The van der Waals surface area contributed by atoms with Crippen LogP contribution in [-0.2, 0) is 9.59 Å². The van der Waals surface area contributed by atoms with E-state index in [4.69, 9.17) is 4.74 Å². The molecule has 132 valence electrons. The van der Waals surface area contributed by atoms with Crippen LogP contribution in [0.3, 0.4) is 0 Å². The third-order valence-corrected chi connectivity index (χ3v) is 5.73. The van der Waals surface area contributed by atoms with Gasteiger partial charge in [0, 0.05) is 6.07 Å². The molecule has 4 rings (SSSR count). The van der Waals surface area contributed by atoms with Gasteiger partial charge in [0.25, 0.3) is 0 Å². The van der Waals surface area contributed by atoms with Crippen molar-refractivity contribution in [1.29, 1.82) is 0 Å². The molecule has 2 aromatic rings. The minimum atomic E-state index is -0.456. The van der Waals surface area contributed by atoms with E-state index in [0.29, 0.717) is 22.7 Å². The van der Waals surface area contributed by atoms with Crippen LogP contribution in [0.4, 0.5) is 5.69 Å². The number of hydrogen-bond acceptors (Lipinski definition) is 5. The first-order valence-electron chi connectivity index (χ1n) is 8.46. The minimum Gasteiger partial charge on any atom is -0.422 e. The van der Waals surface area contributed by atoms with Crippen molar-refractivity contribution in [1.82, 2.24) is 0 Å². The summed E-state index contributed by atoms with van der Waals surface area (Å²) in [7, 11) is 0. The van der Waals surface area contributed by atoms with Gasteiger partial charge in [-0.3, -0.25) is 9.59 Å². The molecular weight excluding hydrogens is 350 g/mol. The number of carbonyl (C=O) groups excluding carboxylic acids is 3. The first-order valence-corrected chi connectivity index (χ1v) is 9.34. The van der Waals surface area contributed by atoms with Crippen LogP contribution < -0.4 is 9.64 Å². The molecule has 2 amide bonds. The minimum absolute atomic E-state index is 0.0371. The third-order valence-electron chi connectivity index (χ3n) is 4.88. The summed E-state index contributed by atoms with van der Waals surface area (Å²) in [5, 5.41) is 1.80. The highest BCUT2D eigenvalue weighted by Crippen LogP contribution is 2.40. The number of esters is 1. The van der Waals surface area contributed by atoms with Crippen LogP contribution in [0.25, 0.3) is 0 Å². The average molecular weight is 367 g/mol. The first-order chi connectivity index (χ1) is 12.6. The molecule has 26 heavy (non-hydrogen) atoms. The van der Waals surface area contributed by atoms with E-state index in [0.717, 1.165) is 0 Å². The summed E-state index contributed by atoms with van der Waals surface area (Å²) in [6, 6.07) is 10.0. The molecule has 2 heterocycles. The summed E-state index contributed by atoms with van der Waals surface area (Å²) in [5.74, 6) is -1.10. The predicted octanol–water partition coefficient (Wildman–Crippen LogP) is 3.67. The van der Waals surface area contributed by atoms with Crippen LogP contribution in [0.5, 0.6) is 5.75 Å². The number of hydrogen-bond donors (Lipinski definition) is 0. The van der Waals surface area contributed by atoms with Gasteiger partial charge in [0.2, 0.25) is 11.8 Å². The van der Waals surface area contributed by atoms with Crippen LogP contribution in [0.15, 0.2) is 53.9 Å². The fourth-order valence-corrected chi connectivity index (χ4v) is 4.24. The van der Waals surface area contributed by atoms with Crippen molar-refractivity contribution in [2.75, 3.05) is 4.90 Å². The Bertz CT molecular complexity index is 902. The number of thiophene rings is 1. The van der Waals surface area contributed by atoms with Gasteiger partial charge in [0.15, 0.2) is 0 Å². The predicted molar refractivity (Wildman–Crippen MR) is 98.1 cm³/mol. The molecule has 1 aromatic carbocycles. The van der Waals surface area contributed by atoms with Gasteiger partial charge in [-0.1, -0.05) is 31.2 Å². The lowest BCUT2D eigenvalue weighted by Gasteiger charge is -2.22. The monoisotopic (exact) mass is 367 g/mol. The van der Waals surface area contributed by atoms with Gasteiger partial charge in [0.1, 0.15) is 10.6 Å². The number of amides is 2. The number of benzene rings is 1. The van der Waals surface area contributed by atoms with E-state index in [2.05, 4.69) is 0 Å². The Balaban J connectivity index is 1.60. The molecule has 2 aliphatic rings. The molecule has 1 aromatic heterocycles. The molecule has 1 aliphatic carbocycles. The molecule has 0 N–H and O–H groups in total. The number of rotatable bonds is 3. The molecule has 1 fully saturated rings. The molecule has 6 heteroatoms. The number of fused-ring (bicyclic) bond motifs is 1. The number of ether oxygens (including phenoxy) is 1. The number of carbonyl (C=O) groups is 3. The zero-order valence-electron chi connectivity index (χ0n) is 14.1. The largest absolute Gasteiger partial charge is 0.422 e. The van der Waals surface area contributed by atoms with Gasteiger partial charge < -0.3 is 4.74 Å². The molecule has 0 radical (unpaired) electrons. The Morgan fingerprint density at radius 3 is 2.77 bits per heavy atom. The van der Waals surface area contributed by atoms with Gasteiger partial charge in [-0.2, -0.15) is 0 Å². The van der Waals surface area contributed by atoms with Crippen molar-refractivity contribution >= 4 is 34.8 Å². The lowest BCUT2D eigenvalue weighted by atomic mass is 9.78. The molecule has 1 saturated heterocycles. The Morgan fingerprint density at radius 1 is 1.19 bits per heavy atom. The first kappa shape index (κ1) is 16.7. The van der Waals surface area contributed by atoms with E-state index < -0.39 is 5.97 Å². The molecule has 0 unspecified atom stereocenters. The SMILES string of the molecule is C[C@@H]1C=CC[C@@H]2C(=O)N(c3cccc(OC(=O)c4cccs4)c3)C(=O)[C@@H]12. The molecule has 0 saturated carbocycles. The summed E-state index contributed by atoms with van der Waals surface area (Å²) in [4.78, 5) is 39.5. The fraction of sp³-hybridized carbons (Fsp3) is 0.250. The lowest BCUT2D eigenvalue weighted by Crippen LogP contribution is -2.31. The number of allylic oxidation sites excluding steroid dienone is 2. The number of nitrogens with zero attached hydrogens (tertiary/aromatic N) is 1. The second kappa shape index (κ2) is 6.53. The summed E-state index contributed by atoms with van der Waals surface area (Å²) in [6.07, 6.45) is 4.55. The number of imide groups is 1. The van der Waals surface area contributed by atoms with Gasteiger partial charge in [-0.05, 0) is 35.9 Å². The second-order valence-electron chi connectivity index (χ2n) is 6.53. The van der Waals surface area contributed by atoms with Crippen molar-refractivity contribution in [3.8, 4) is 5.75 Å². The molecule has 5 nitrogen and oxygen atoms in total. The van der Waals surface area contributed by atoms with Crippen LogP contribution in [0.1, 0.15) is 23.0 Å². The summed E-state index contributed by atoms with van der Waals surface area (Å²) < 4.78 is 5.38. The molecule has 3 atom stereocenters. The highest BCUT2D eigenvalue weighted by Gasteiger charge is 2.50. The molecule has 1 aliphatic heterocycles. The van der Waals surface area contributed by atoms with E-state index in [1.165, 1.54) is 16.2 Å². The van der Waals surface area contributed by atoms with Crippen molar-refractivity contribution in [3.63, 3.8) is 0 Å². The average Bonchev–Trinajstić information content (AvgIpc) is 3.24. The molecule has 0 spiro atoms. The van der Waals surface area contributed by atoms with Crippen LogP contribution in [0.2, 0.25) is 0 Å². The van der Waals surface area contributed by atoms with E-state index in [-0.39, 0.29) is 29.6 Å². The van der Waals surface area contributed by atoms with Gasteiger partial charge in [0.05, 0.1) is 17.5 Å². The molecule has 0 bridgehead atoms. The summed E-state index contributed by atoms with van der Waals surface area (Å²) in [5.41, 5.74) is 0.443. The Morgan fingerprint density at radius 2 is 2.04 bits per heavy atom. The maximum absolute atomic E-state index is 12.8. The van der Waals surface area contributed by atoms with Crippen molar-refractivity contribution in [2.24, 2.45) is 17.8 Å². The number of anilines is 1. The normalized spacial score (nSPS) is 24.7. The maximum atomic E-state index is 12.8. The van der Waals surface area contributed by atoms with Crippen molar-refractivity contribution < 1.29 is 19.1 Å². The van der Waals surface area contributed by atoms with Crippen molar-refractivity contribution in [3.05, 3.63) is 58.8 Å². The Kier molecular flexibility index (Phi) is 4.20. The molecular formula is C20H17NO4S. The van der Waals surface area contributed by atoms with E-state index in [9.17, 15) is 14.4 Å². The zero-order chi connectivity index (χ0) is 18.3. The maximum Gasteiger partial charge on any atom is 0.353 e. The Labute approximate surface area is 154 Å². The fourth-order valence-electron chi connectivity index (χ4n) is 3.64. The van der Waals surface area contributed by atoms with Crippen LogP contribution in [0, 0.1) is 17.8 Å². The quantitative estimate of drug-likeness (QED) is 0.359. The van der Waals surface area contributed by atoms with E-state index >= 15 is 0 Å². The highest BCUT2D eigenvalue weighted by atomic mass is 32.1. The summed E-state index contributed by atoms with van der Waals surface area (Å²) in [6.45, 7) is 1.96. The lowest BCUT2D eigenvalue weighted by molar-refractivity contribution is -0.122. The Hall–Kier alpha value is -2.73. The topological polar surface area (TPSA) is 63.7 Å². The van der Waals surface area contributed by atoms with E-state index in [1.54, 1.807) is 41.8 Å². The smallest absolute Gasteiger partial charge is 0.353 e. The van der Waals surface area contributed by atoms with E-state index in [1.807, 2.05) is 19.1 Å². The second-order valence-corrected chi connectivity index (χ2v) is 7.48. The highest BCUT2D eigenvalue weighted by molar-refractivity contribution is 7.12. The zero-order valence-corrected chi connectivity index (χ0v) is 14.9. The third kappa shape index (κ3) is 2.76. The van der Waals surface area contributed by atoms with Gasteiger partial charge in [-0.15, -0.1) is 11.3 Å². The van der Waals surface area contributed by atoms with Crippen molar-refractivity contribution in [2.45, 2.75) is 13.3 Å². The van der Waals surface area contributed by atoms with Crippen LogP contribution in [-0.4, -0.2) is 17.8 Å².